The minimum Gasteiger partial charge on any atom is -0.497 e. The highest BCUT2D eigenvalue weighted by Crippen LogP contribution is 2.27. The molecule has 5 rings (SSSR count). The Bertz CT molecular complexity index is 1470. The molecule has 0 aliphatic rings. The Kier molecular flexibility index (Phi) is 4.95. The van der Waals surface area contributed by atoms with Crippen LogP contribution >= 0.6 is 11.8 Å². The van der Waals surface area contributed by atoms with E-state index in [4.69, 9.17) is 4.74 Å². The van der Waals surface area contributed by atoms with Crippen molar-refractivity contribution in [3.63, 3.8) is 0 Å². The van der Waals surface area contributed by atoms with Gasteiger partial charge in [-0.1, -0.05) is 54.2 Å². The fraction of sp³-hybridized carbons (Fsp3) is 0.125. The Morgan fingerprint density at radius 2 is 1.77 bits per heavy atom. The van der Waals surface area contributed by atoms with Crippen LogP contribution in [0.5, 0.6) is 5.75 Å². The number of ether oxygens (including phenoxy) is 1. The Morgan fingerprint density at radius 3 is 2.61 bits per heavy atom. The zero-order valence-corrected chi connectivity index (χ0v) is 18.0. The number of hydrogen-bond donors (Lipinski definition) is 0. The van der Waals surface area contributed by atoms with Crippen molar-refractivity contribution in [1.29, 1.82) is 0 Å². The third-order valence-electron chi connectivity index (χ3n) is 5.32. The number of benzene rings is 3. The first kappa shape index (κ1) is 19.4. The summed E-state index contributed by atoms with van der Waals surface area (Å²) in [5, 5.41) is 10.2. The lowest BCUT2D eigenvalue weighted by atomic mass is 10.1. The summed E-state index contributed by atoms with van der Waals surface area (Å²) in [6, 6.07) is 23.3. The fourth-order valence-corrected chi connectivity index (χ4v) is 4.68. The molecule has 3 aromatic carbocycles. The molecule has 2 aromatic heterocycles. The molecule has 2 heterocycles. The maximum atomic E-state index is 13.4. The first-order chi connectivity index (χ1) is 15.2. The van der Waals surface area contributed by atoms with Crippen molar-refractivity contribution in [2.75, 3.05) is 7.11 Å². The summed E-state index contributed by atoms with van der Waals surface area (Å²) in [5.41, 5.74) is 3.82. The van der Waals surface area contributed by atoms with Crippen molar-refractivity contribution >= 4 is 28.4 Å². The van der Waals surface area contributed by atoms with E-state index in [1.807, 2.05) is 65.1 Å². The van der Waals surface area contributed by atoms with Crippen molar-refractivity contribution < 1.29 is 4.74 Å². The van der Waals surface area contributed by atoms with E-state index in [0.29, 0.717) is 22.6 Å². The Balaban J connectivity index is 1.72. The lowest BCUT2D eigenvalue weighted by molar-refractivity contribution is 0.414. The maximum Gasteiger partial charge on any atom is 0.267 e. The molecule has 0 aliphatic carbocycles. The number of aryl methyl sites for hydroxylation is 1. The van der Waals surface area contributed by atoms with Gasteiger partial charge in [0.05, 0.1) is 23.7 Å². The van der Waals surface area contributed by atoms with Gasteiger partial charge < -0.3 is 4.74 Å². The molecular formula is C24H20N4O2S. The normalized spacial score (nSPS) is 11.3. The predicted octanol–water partition coefficient (Wildman–Crippen LogP) is 4.64. The molecule has 0 saturated heterocycles. The summed E-state index contributed by atoms with van der Waals surface area (Å²) in [6.45, 7) is 2.10. The van der Waals surface area contributed by atoms with Gasteiger partial charge in [0.1, 0.15) is 5.75 Å². The van der Waals surface area contributed by atoms with Gasteiger partial charge in [0.2, 0.25) is 5.78 Å². The van der Waals surface area contributed by atoms with Crippen LogP contribution in [0.4, 0.5) is 0 Å². The summed E-state index contributed by atoms with van der Waals surface area (Å²) >= 11 is 1.61. The SMILES string of the molecule is COc1cccc(-n2c(=O)c3ccccc3n3c(SCc4ccccc4C)nnc23)c1. The second kappa shape index (κ2) is 7.92. The standard InChI is InChI=1S/C24H20N4O2S/c1-16-8-3-4-9-17(16)15-31-24-26-25-23-27(18-10-7-11-19(14-18)30-2)22(29)20-12-5-6-13-21(20)28(23)24/h3-14H,15H2,1-2H3. The monoisotopic (exact) mass is 428 g/mol. The van der Waals surface area contributed by atoms with Gasteiger partial charge in [-0.3, -0.25) is 9.20 Å². The van der Waals surface area contributed by atoms with Crippen LogP contribution in [0, 0.1) is 6.92 Å². The number of para-hydroxylation sites is 1. The van der Waals surface area contributed by atoms with Crippen LogP contribution in [0.1, 0.15) is 11.1 Å². The van der Waals surface area contributed by atoms with Crippen LogP contribution < -0.4 is 10.3 Å². The van der Waals surface area contributed by atoms with Crippen molar-refractivity contribution in [3.05, 3.63) is 94.3 Å². The lowest BCUT2D eigenvalue weighted by Gasteiger charge is -2.12. The van der Waals surface area contributed by atoms with Crippen LogP contribution in [-0.4, -0.2) is 26.3 Å². The average Bonchev–Trinajstić information content (AvgIpc) is 3.22. The molecule has 0 saturated carbocycles. The number of rotatable bonds is 5. The van der Waals surface area contributed by atoms with E-state index in [9.17, 15) is 4.79 Å². The molecular weight excluding hydrogens is 408 g/mol. The molecule has 0 bridgehead atoms. The molecule has 0 aliphatic heterocycles. The topological polar surface area (TPSA) is 61.4 Å². The molecule has 6 nitrogen and oxygen atoms in total. The molecule has 0 atom stereocenters. The van der Waals surface area contributed by atoms with Gasteiger partial charge in [-0.05, 0) is 42.3 Å². The summed E-state index contributed by atoms with van der Waals surface area (Å²) in [6.07, 6.45) is 0. The minimum absolute atomic E-state index is 0.140. The third-order valence-corrected chi connectivity index (χ3v) is 6.30. The van der Waals surface area contributed by atoms with Crippen LogP contribution in [0.3, 0.4) is 0 Å². The highest BCUT2D eigenvalue weighted by molar-refractivity contribution is 7.98. The lowest BCUT2D eigenvalue weighted by Crippen LogP contribution is -2.21. The second-order valence-electron chi connectivity index (χ2n) is 7.19. The van der Waals surface area contributed by atoms with Gasteiger partial charge >= 0.3 is 0 Å². The zero-order valence-electron chi connectivity index (χ0n) is 17.1. The number of thioether (sulfide) groups is 1. The number of hydrogen-bond acceptors (Lipinski definition) is 5. The number of fused-ring (bicyclic) bond motifs is 3. The summed E-state index contributed by atoms with van der Waals surface area (Å²) < 4.78 is 8.91. The smallest absolute Gasteiger partial charge is 0.267 e. The summed E-state index contributed by atoms with van der Waals surface area (Å²) in [7, 11) is 1.61. The molecule has 5 aromatic rings. The van der Waals surface area contributed by atoms with Crippen LogP contribution in [0.2, 0.25) is 0 Å². The van der Waals surface area contributed by atoms with E-state index >= 15 is 0 Å². The van der Waals surface area contributed by atoms with E-state index in [1.54, 1.807) is 23.4 Å². The van der Waals surface area contributed by atoms with Gasteiger partial charge in [0, 0.05) is 11.8 Å². The van der Waals surface area contributed by atoms with E-state index < -0.39 is 0 Å². The fourth-order valence-electron chi connectivity index (χ4n) is 3.67. The zero-order chi connectivity index (χ0) is 21.4. The molecule has 7 heteroatoms. The average molecular weight is 429 g/mol. The van der Waals surface area contributed by atoms with Gasteiger partial charge in [-0.2, -0.15) is 0 Å². The third kappa shape index (κ3) is 3.37. The first-order valence-corrected chi connectivity index (χ1v) is 10.9. The van der Waals surface area contributed by atoms with Crippen LogP contribution in [0.25, 0.3) is 22.4 Å². The van der Waals surface area contributed by atoms with Crippen LogP contribution in [-0.2, 0) is 5.75 Å². The molecule has 154 valence electrons. The molecule has 0 N–H and O–H groups in total. The van der Waals surface area contributed by atoms with Gasteiger partial charge in [-0.15, -0.1) is 10.2 Å². The second-order valence-corrected chi connectivity index (χ2v) is 8.13. The predicted molar refractivity (Wildman–Crippen MR) is 123 cm³/mol. The van der Waals surface area contributed by atoms with Crippen molar-refractivity contribution in [2.24, 2.45) is 0 Å². The van der Waals surface area contributed by atoms with E-state index in [1.165, 1.54) is 11.1 Å². The molecule has 31 heavy (non-hydrogen) atoms. The molecule has 0 radical (unpaired) electrons. The number of methoxy groups -OCH3 is 1. The van der Waals surface area contributed by atoms with Gasteiger partial charge in [-0.25, -0.2) is 4.57 Å². The summed E-state index contributed by atoms with van der Waals surface area (Å²) in [5.74, 6) is 1.91. The number of aromatic nitrogens is 4. The summed E-state index contributed by atoms with van der Waals surface area (Å²) in [4.78, 5) is 13.4. The van der Waals surface area contributed by atoms with E-state index in [2.05, 4.69) is 29.3 Å². The van der Waals surface area contributed by atoms with Gasteiger partial charge in [0.15, 0.2) is 5.16 Å². The maximum absolute atomic E-state index is 13.4. The van der Waals surface area contributed by atoms with Crippen LogP contribution in [0.15, 0.2) is 82.7 Å². The largest absolute Gasteiger partial charge is 0.497 e. The Hall–Kier alpha value is -3.58. The van der Waals surface area contributed by atoms with Crippen molar-refractivity contribution in [1.82, 2.24) is 19.2 Å². The van der Waals surface area contributed by atoms with E-state index in [0.717, 1.165) is 16.4 Å². The molecule has 0 spiro atoms. The quantitative estimate of drug-likeness (QED) is 0.382. The highest BCUT2D eigenvalue weighted by atomic mass is 32.2. The molecule has 0 fully saturated rings. The highest BCUT2D eigenvalue weighted by Gasteiger charge is 2.18. The first-order valence-electron chi connectivity index (χ1n) is 9.88. The molecule has 0 amide bonds. The van der Waals surface area contributed by atoms with E-state index in [-0.39, 0.29) is 5.56 Å². The van der Waals surface area contributed by atoms with Gasteiger partial charge in [0.25, 0.3) is 5.56 Å². The van der Waals surface area contributed by atoms with Crippen molar-refractivity contribution in [2.45, 2.75) is 17.8 Å². The number of nitrogens with zero attached hydrogens (tertiary/aromatic N) is 4. The molecule has 0 unspecified atom stereocenters. The Labute approximate surface area is 183 Å². The Morgan fingerprint density at radius 1 is 0.968 bits per heavy atom. The minimum atomic E-state index is -0.140. The van der Waals surface area contributed by atoms with Crippen molar-refractivity contribution in [3.8, 4) is 11.4 Å².